The quantitative estimate of drug-likeness (QED) is 0.784. The molecule has 1 aromatic carbocycles. The van der Waals surface area contributed by atoms with Gasteiger partial charge in [-0.15, -0.1) is 11.8 Å². The van der Waals surface area contributed by atoms with Crippen molar-refractivity contribution in [2.24, 2.45) is 0 Å². The number of hydrogen-bond donors (Lipinski definition) is 0. The second-order valence-corrected chi connectivity index (χ2v) is 5.30. The lowest BCUT2D eigenvalue weighted by Gasteiger charge is -2.24. The molecule has 0 amide bonds. The molecule has 1 aliphatic heterocycles. The number of benzene rings is 1. The van der Waals surface area contributed by atoms with E-state index >= 15 is 0 Å². The SMILES string of the molecule is CC(C#N)N(C)c1ccc2c(c1)CCCS2. The predicted octanol–water partition coefficient (Wildman–Crippen LogP) is 3.07. The topological polar surface area (TPSA) is 27.0 Å². The number of aryl methyl sites for hydroxylation is 1. The third-order valence-corrected chi connectivity index (χ3v) is 4.27. The number of nitriles is 1. The first-order valence-electron chi connectivity index (χ1n) is 5.60. The molecule has 1 aliphatic rings. The molecule has 0 aliphatic carbocycles. The van der Waals surface area contributed by atoms with Gasteiger partial charge in [0, 0.05) is 17.6 Å². The largest absolute Gasteiger partial charge is 0.359 e. The van der Waals surface area contributed by atoms with E-state index in [2.05, 4.69) is 24.3 Å². The Balaban J connectivity index is 2.27. The van der Waals surface area contributed by atoms with Crippen LogP contribution < -0.4 is 4.90 Å². The highest BCUT2D eigenvalue weighted by molar-refractivity contribution is 7.99. The van der Waals surface area contributed by atoms with E-state index in [1.807, 2.05) is 30.6 Å². The van der Waals surface area contributed by atoms with Gasteiger partial charge in [-0.25, -0.2) is 0 Å². The highest BCUT2D eigenvalue weighted by atomic mass is 32.2. The van der Waals surface area contributed by atoms with Gasteiger partial charge in [0.2, 0.25) is 0 Å². The van der Waals surface area contributed by atoms with Crippen LogP contribution in [-0.4, -0.2) is 18.8 Å². The lowest BCUT2D eigenvalue weighted by Crippen LogP contribution is -2.27. The molecule has 1 atom stereocenters. The third kappa shape index (κ3) is 2.17. The molecular formula is C13H16N2S. The summed E-state index contributed by atoms with van der Waals surface area (Å²) in [5, 5.41) is 8.91. The summed E-state index contributed by atoms with van der Waals surface area (Å²) in [6.45, 7) is 1.92. The van der Waals surface area contributed by atoms with Gasteiger partial charge in [0.05, 0.1) is 6.07 Å². The maximum atomic E-state index is 8.91. The van der Waals surface area contributed by atoms with Crippen molar-refractivity contribution in [3.8, 4) is 6.07 Å². The van der Waals surface area contributed by atoms with E-state index in [-0.39, 0.29) is 6.04 Å². The van der Waals surface area contributed by atoms with Gasteiger partial charge in [0.1, 0.15) is 6.04 Å². The molecule has 0 spiro atoms. The molecule has 1 unspecified atom stereocenters. The van der Waals surface area contributed by atoms with Gasteiger partial charge in [0.25, 0.3) is 0 Å². The number of hydrogen-bond acceptors (Lipinski definition) is 3. The van der Waals surface area contributed by atoms with Crippen LogP contribution >= 0.6 is 11.8 Å². The average Bonchev–Trinajstić information content (AvgIpc) is 2.36. The van der Waals surface area contributed by atoms with E-state index in [0.717, 1.165) is 5.69 Å². The van der Waals surface area contributed by atoms with Gasteiger partial charge in [-0.05, 0) is 49.3 Å². The van der Waals surface area contributed by atoms with Crippen LogP contribution in [0.25, 0.3) is 0 Å². The maximum absolute atomic E-state index is 8.91. The first kappa shape index (κ1) is 11.3. The number of anilines is 1. The summed E-state index contributed by atoms with van der Waals surface area (Å²) in [5.74, 6) is 1.23. The number of thioether (sulfide) groups is 1. The monoisotopic (exact) mass is 232 g/mol. The second kappa shape index (κ2) is 4.80. The van der Waals surface area contributed by atoms with Crippen LogP contribution in [0.15, 0.2) is 23.1 Å². The van der Waals surface area contributed by atoms with Crippen molar-refractivity contribution in [1.82, 2.24) is 0 Å². The summed E-state index contributed by atoms with van der Waals surface area (Å²) in [6, 6.07) is 8.73. The first-order chi connectivity index (χ1) is 7.72. The maximum Gasteiger partial charge on any atom is 0.113 e. The van der Waals surface area contributed by atoms with Crippen molar-refractivity contribution in [2.45, 2.75) is 30.7 Å². The van der Waals surface area contributed by atoms with E-state index in [1.165, 1.54) is 29.1 Å². The fourth-order valence-electron chi connectivity index (χ4n) is 1.88. The molecule has 1 aromatic rings. The fraction of sp³-hybridized carbons (Fsp3) is 0.462. The summed E-state index contributed by atoms with van der Waals surface area (Å²) in [6.07, 6.45) is 2.43. The second-order valence-electron chi connectivity index (χ2n) is 4.16. The van der Waals surface area contributed by atoms with Crippen molar-refractivity contribution in [1.29, 1.82) is 5.26 Å². The van der Waals surface area contributed by atoms with E-state index < -0.39 is 0 Å². The molecule has 0 saturated carbocycles. The van der Waals surface area contributed by atoms with Crippen LogP contribution in [0.5, 0.6) is 0 Å². The molecule has 16 heavy (non-hydrogen) atoms. The van der Waals surface area contributed by atoms with Crippen LogP contribution in [0.1, 0.15) is 18.9 Å². The van der Waals surface area contributed by atoms with Crippen LogP contribution in [0.3, 0.4) is 0 Å². The zero-order valence-electron chi connectivity index (χ0n) is 9.73. The minimum absolute atomic E-state index is 0.0747. The van der Waals surface area contributed by atoms with Crippen molar-refractivity contribution in [3.05, 3.63) is 23.8 Å². The van der Waals surface area contributed by atoms with E-state index in [0.29, 0.717) is 0 Å². The predicted molar refractivity (Wildman–Crippen MR) is 69.0 cm³/mol. The Labute approximate surface area is 101 Å². The molecule has 2 rings (SSSR count). The number of fused-ring (bicyclic) bond motifs is 1. The highest BCUT2D eigenvalue weighted by Gasteiger charge is 2.13. The van der Waals surface area contributed by atoms with Gasteiger partial charge in [-0.2, -0.15) is 5.26 Å². The Kier molecular flexibility index (Phi) is 3.40. The van der Waals surface area contributed by atoms with Crippen LogP contribution in [0, 0.1) is 11.3 Å². The first-order valence-corrected chi connectivity index (χ1v) is 6.59. The normalized spacial score (nSPS) is 16.1. The minimum atomic E-state index is -0.0747. The van der Waals surface area contributed by atoms with Gasteiger partial charge >= 0.3 is 0 Å². The average molecular weight is 232 g/mol. The van der Waals surface area contributed by atoms with Gasteiger partial charge in [-0.3, -0.25) is 0 Å². The molecule has 1 heterocycles. The summed E-state index contributed by atoms with van der Waals surface area (Å²) >= 11 is 1.94. The summed E-state index contributed by atoms with van der Waals surface area (Å²) < 4.78 is 0. The lowest BCUT2D eigenvalue weighted by atomic mass is 10.1. The Morgan fingerprint density at radius 1 is 1.50 bits per heavy atom. The molecule has 0 radical (unpaired) electrons. The Hall–Kier alpha value is -1.14. The molecule has 0 saturated heterocycles. The van der Waals surface area contributed by atoms with Crippen LogP contribution in [0.2, 0.25) is 0 Å². The smallest absolute Gasteiger partial charge is 0.113 e. The fourth-order valence-corrected chi connectivity index (χ4v) is 2.90. The van der Waals surface area contributed by atoms with Crippen molar-refractivity contribution < 1.29 is 0 Å². The van der Waals surface area contributed by atoms with Gasteiger partial charge < -0.3 is 4.90 Å². The minimum Gasteiger partial charge on any atom is -0.359 e. The van der Waals surface area contributed by atoms with Crippen molar-refractivity contribution >= 4 is 17.4 Å². The molecule has 0 bridgehead atoms. The van der Waals surface area contributed by atoms with Crippen molar-refractivity contribution in [3.63, 3.8) is 0 Å². The van der Waals surface area contributed by atoms with E-state index in [9.17, 15) is 0 Å². The Morgan fingerprint density at radius 3 is 3.06 bits per heavy atom. The van der Waals surface area contributed by atoms with Gasteiger partial charge in [0.15, 0.2) is 0 Å². The molecule has 84 valence electrons. The molecular weight excluding hydrogens is 216 g/mol. The Morgan fingerprint density at radius 2 is 2.31 bits per heavy atom. The number of rotatable bonds is 2. The zero-order valence-corrected chi connectivity index (χ0v) is 10.5. The van der Waals surface area contributed by atoms with E-state index in [4.69, 9.17) is 5.26 Å². The van der Waals surface area contributed by atoms with Gasteiger partial charge in [-0.1, -0.05) is 0 Å². The summed E-state index contributed by atoms with van der Waals surface area (Å²) in [7, 11) is 1.98. The summed E-state index contributed by atoms with van der Waals surface area (Å²) in [4.78, 5) is 3.44. The molecule has 0 aromatic heterocycles. The molecule has 0 fully saturated rings. The van der Waals surface area contributed by atoms with Crippen molar-refractivity contribution in [2.75, 3.05) is 17.7 Å². The van der Waals surface area contributed by atoms with E-state index in [1.54, 1.807) is 0 Å². The standard InChI is InChI=1S/C13H16N2S/c1-10(9-14)15(2)12-5-6-13-11(8-12)4-3-7-16-13/h5-6,8,10H,3-4,7H2,1-2H3. The number of nitrogens with zero attached hydrogens (tertiary/aromatic N) is 2. The molecule has 0 N–H and O–H groups in total. The summed E-state index contributed by atoms with van der Waals surface area (Å²) in [5.41, 5.74) is 2.58. The zero-order chi connectivity index (χ0) is 11.5. The lowest BCUT2D eigenvalue weighted by molar-refractivity contribution is 0.827. The highest BCUT2D eigenvalue weighted by Crippen LogP contribution is 2.32. The Bertz CT molecular complexity index is 422. The molecule has 3 heteroatoms. The van der Waals surface area contributed by atoms with Crippen LogP contribution in [-0.2, 0) is 6.42 Å². The molecule has 2 nitrogen and oxygen atoms in total. The van der Waals surface area contributed by atoms with Crippen LogP contribution in [0.4, 0.5) is 5.69 Å². The third-order valence-electron chi connectivity index (χ3n) is 3.07.